The summed E-state index contributed by atoms with van der Waals surface area (Å²) in [6.07, 6.45) is 0. The lowest BCUT2D eigenvalue weighted by Crippen LogP contribution is -2.00. The van der Waals surface area contributed by atoms with Crippen LogP contribution < -0.4 is 0 Å². The van der Waals surface area contributed by atoms with Crippen molar-refractivity contribution in [2.24, 2.45) is 7.05 Å². The predicted octanol–water partition coefficient (Wildman–Crippen LogP) is 3.20. The fourth-order valence-corrected chi connectivity index (χ4v) is 2.51. The van der Waals surface area contributed by atoms with E-state index in [9.17, 15) is 14.3 Å². The summed E-state index contributed by atoms with van der Waals surface area (Å²) in [5.74, 6) is -1.01. The molecule has 0 aliphatic carbocycles. The van der Waals surface area contributed by atoms with E-state index in [1.165, 1.54) is 24.3 Å². The molecule has 0 unspecified atom stereocenters. The van der Waals surface area contributed by atoms with Crippen LogP contribution in [0.4, 0.5) is 4.39 Å². The van der Waals surface area contributed by atoms with Gasteiger partial charge in [-0.15, -0.1) is 0 Å². The number of carbonyl (C=O) groups is 1. The van der Waals surface area contributed by atoms with Crippen molar-refractivity contribution in [2.45, 2.75) is 13.8 Å². The van der Waals surface area contributed by atoms with Crippen molar-refractivity contribution >= 4 is 5.97 Å². The Labute approximate surface area is 131 Å². The van der Waals surface area contributed by atoms with Gasteiger partial charge in [-0.2, -0.15) is 4.98 Å². The minimum absolute atomic E-state index is 0.128. The van der Waals surface area contributed by atoms with Gasteiger partial charge in [0.15, 0.2) is 0 Å². The van der Waals surface area contributed by atoms with Crippen LogP contribution in [-0.2, 0) is 7.05 Å². The van der Waals surface area contributed by atoms with Crippen LogP contribution >= 0.6 is 0 Å². The third-order valence-electron chi connectivity index (χ3n) is 3.94. The average Bonchev–Trinajstić information content (AvgIpc) is 3.07. The maximum absolute atomic E-state index is 13.0. The summed E-state index contributed by atoms with van der Waals surface area (Å²) in [4.78, 5) is 15.8. The van der Waals surface area contributed by atoms with E-state index in [0.29, 0.717) is 22.5 Å². The topological polar surface area (TPSA) is 81.2 Å². The fourth-order valence-electron chi connectivity index (χ4n) is 2.51. The highest BCUT2D eigenvalue weighted by Gasteiger charge is 2.26. The standard InChI is InChI=1S/C16H14FN3O3/c1-8-12(13(16(21)22)9(2)20(8)3)15-18-14(19-23-15)10-4-6-11(17)7-5-10/h4-7H,1-3H3,(H,21,22). The molecule has 23 heavy (non-hydrogen) atoms. The van der Waals surface area contributed by atoms with E-state index in [0.717, 1.165) is 0 Å². The molecular weight excluding hydrogens is 301 g/mol. The average molecular weight is 315 g/mol. The highest BCUT2D eigenvalue weighted by molar-refractivity contribution is 5.97. The Balaban J connectivity index is 2.13. The number of halogens is 1. The second kappa shape index (κ2) is 5.35. The number of aromatic nitrogens is 3. The van der Waals surface area contributed by atoms with E-state index in [4.69, 9.17) is 4.52 Å². The fraction of sp³-hybridized carbons (Fsp3) is 0.188. The second-order valence-electron chi connectivity index (χ2n) is 5.22. The maximum atomic E-state index is 13.0. The van der Waals surface area contributed by atoms with Crippen LogP contribution in [0, 0.1) is 19.7 Å². The van der Waals surface area contributed by atoms with Gasteiger partial charge >= 0.3 is 5.97 Å². The number of rotatable bonds is 3. The van der Waals surface area contributed by atoms with Gasteiger partial charge in [-0.3, -0.25) is 0 Å². The highest BCUT2D eigenvalue weighted by atomic mass is 19.1. The molecule has 3 rings (SSSR count). The van der Waals surface area contributed by atoms with Crippen molar-refractivity contribution < 1.29 is 18.8 Å². The van der Waals surface area contributed by atoms with Crippen LogP contribution in [0.25, 0.3) is 22.8 Å². The molecule has 3 aromatic rings. The zero-order chi connectivity index (χ0) is 16.7. The van der Waals surface area contributed by atoms with E-state index in [-0.39, 0.29) is 23.1 Å². The summed E-state index contributed by atoms with van der Waals surface area (Å²) in [7, 11) is 1.78. The van der Waals surface area contributed by atoms with E-state index in [1.54, 1.807) is 25.5 Å². The summed E-state index contributed by atoms with van der Waals surface area (Å²) >= 11 is 0. The summed E-state index contributed by atoms with van der Waals surface area (Å²) in [5, 5.41) is 13.3. The molecular formula is C16H14FN3O3. The molecule has 2 heterocycles. The Bertz CT molecular complexity index is 894. The number of hydrogen-bond acceptors (Lipinski definition) is 4. The number of carboxylic acids is 1. The molecule has 0 fully saturated rings. The van der Waals surface area contributed by atoms with E-state index in [2.05, 4.69) is 10.1 Å². The molecule has 0 saturated carbocycles. The highest BCUT2D eigenvalue weighted by Crippen LogP contribution is 2.32. The molecule has 7 heteroatoms. The Kier molecular flexibility index (Phi) is 3.48. The number of aromatic carboxylic acids is 1. The molecule has 0 saturated heterocycles. The van der Waals surface area contributed by atoms with E-state index >= 15 is 0 Å². The molecule has 0 bridgehead atoms. The number of hydrogen-bond donors (Lipinski definition) is 1. The molecule has 0 radical (unpaired) electrons. The second-order valence-corrected chi connectivity index (χ2v) is 5.22. The van der Waals surface area contributed by atoms with Gasteiger partial charge in [0.25, 0.3) is 5.89 Å². The van der Waals surface area contributed by atoms with Gasteiger partial charge in [-0.05, 0) is 38.1 Å². The zero-order valence-corrected chi connectivity index (χ0v) is 12.8. The predicted molar refractivity (Wildman–Crippen MR) is 80.5 cm³/mol. The Morgan fingerprint density at radius 3 is 2.48 bits per heavy atom. The first-order chi connectivity index (χ1) is 10.9. The van der Waals surface area contributed by atoms with Crippen molar-refractivity contribution in [3.8, 4) is 22.8 Å². The quantitative estimate of drug-likeness (QED) is 0.802. The largest absolute Gasteiger partial charge is 0.478 e. The molecule has 2 aromatic heterocycles. The summed E-state index contributed by atoms with van der Waals surface area (Å²) in [5.41, 5.74) is 2.45. The summed E-state index contributed by atoms with van der Waals surface area (Å²) in [6.45, 7) is 3.51. The number of nitrogens with zero attached hydrogens (tertiary/aromatic N) is 3. The molecule has 0 amide bonds. The molecule has 0 atom stereocenters. The van der Waals surface area contributed by atoms with Crippen molar-refractivity contribution in [1.29, 1.82) is 0 Å². The Hall–Kier alpha value is -2.96. The Morgan fingerprint density at radius 2 is 1.87 bits per heavy atom. The molecule has 1 N–H and O–H groups in total. The van der Waals surface area contributed by atoms with Crippen LogP contribution in [-0.4, -0.2) is 25.8 Å². The van der Waals surface area contributed by atoms with Gasteiger partial charge < -0.3 is 14.2 Å². The van der Waals surface area contributed by atoms with Crippen LogP contribution in [0.2, 0.25) is 0 Å². The normalized spacial score (nSPS) is 11.0. The van der Waals surface area contributed by atoms with Gasteiger partial charge in [0.1, 0.15) is 5.82 Å². The molecule has 0 aliphatic heterocycles. The van der Waals surface area contributed by atoms with Gasteiger partial charge in [-0.1, -0.05) is 5.16 Å². The van der Waals surface area contributed by atoms with Gasteiger partial charge in [0.05, 0.1) is 11.1 Å². The van der Waals surface area contributed by atoms with Gasteiger partial charge in [0, 0.05) is 24.0 Å². The van der Waals surface area contributed by atoms with Gasteiger partial charge in [0.2, 0.25) is 5.82 Å². The summed E-state index contributed by atoms with van der Waals surface area (Å²) < 4.78 is 20.0. The lowest BCUT2D eigenvalue weighted by molar-refractivity contribution is 0.0696. The first-order valence-electron chi connectivity index (χ1n) is 6.89. The van der Waals surface area contributed by atoms with Crippen molar-refractivity contribution in [3.05, 3.63) is 47.0 Å². The molecule has 6 nitrogen and oxygen atoms in total. The van der Waals surface area contributed by atoms with Crippen molar-refractivity contribution in [3.63, 3.8) is 0 Å². The first kappa shape index (κ1) is 15.0. The minimum Gasteiger partial charge on any atom is -0.478 e. The number of carboxylic acid groups (broad SMARTS) is 1. The van der Waals surface area contributed by atoms with Crippen LogP contribution in [0.3, 0.4) is 0 Å². The van der Waals surface area contributed by atoms with Crippen molar-refractivity contribution in [2.75, 3.05) is 0 Å². The summed E-state index contributed by atoms with van der Waals surface area (Å²) in [6, 6.07) is 5.66. The van der Waals surface area contributed by atoms with Crippen molar-refractivity contribution in [1.82, 2.24) is 14.7 Å². The first-order valence-corrected chi connectivity index (χ1v) is 6.89. The number of benzene rings is 1. The van der Waals surface area contributed by atoms with Crippen LogP contribution in [0.1, 0.15) is 21.7 Å². The van der Waals surface area contributed by atoms with E-state index in [1.807, 2.05) is 0 Å². The molecule has 0 aliphatic rings. The Morgan fingerprint density at radius 1 is 1.22 bits per heavy atom. The third kappa shape index (κ3) is 2.40. The lowest BCUT2D eigenvalue weighted by Gasteiger charge is -1.98. The smallest absolute Gasteiger partial charge is 0.338 e. The molecule has 0 spiro atoms. The van der Waals surface area contributed by atoms with Gasteiger partial charge in [-0.25, -0.2) is 9.18 Å². The van der Waals surface area contributed by atoms with Crippen LogP contribution in [0.15, 0.2) is 28.8 Å². The SMILES string of the molecule is Cc1c(C(=O)O)c(-c2nc(-c3ccc(F)cc3)no2)c(C)n1C. The monoisotopic (exact) mass is 315 g/mol. The third-order valence-corrected chi connectivity index (χ3v) is 3.94. The van der Waals surface area contributed by atoms with Crippen LogP contribution in [0.5, 0.6) is 0 Å². The molecule has 1 aromatic carbocycles. The minimum atomic E-state index is -1.05. The maximum Gasteiger partial charge on any atom is 0.338 e. The molecule has 118 valence electrons. The zero-order valence-electron chi connectivity index (χ0n) is 12.8. The van der Waals surface area contributed by atoms with E-state index < -0.39 is 5.97 Å². The lowest BCUT2D eigenvalue weighted by atomic mass is 10.1.